The van der Waals surface area contributed by atoms with Gasteiger partial charge >= 0.3 is 0 Å². The van der Waals surface area contributed by atoms with Crippen molar-refractivity contribution in [3.63, 3.8) is 0 Å². The van der Waals surface area contributed by atoms with Gasteiger partial charge in [0, 0.05) is 0 Å². The summed E-state index contributed by atoms with van der Waals surface area (Å²) in [5, 5.41) is 27.6. The largest absolute Gasteiger partial charge is 0.508 e. The summed E-state index contributed by atoms with van der Waals surface area (Å²) in [5.41, 5.74) is 1.20. The van der Waals surface area contributed by atoms with E-state index in [9.17, 15) is 24.6 Å². The fourth-order valence-corrected chi connectivity index (χ4v) is 2.27. The normalized spacial score (nSPS) is 12.3. The van der Waals surface area contributed by atoms with E-state index in [0.717, 1.165) is 12.2 Å². The lowest BCUT2D eigenvalue weighted by atomic mass is 9.93. The monoisotopic (exact) mass is 366 g/mol. The van der Waals surface area contributed by atoms with Crippen molar-refractivity contribution in [2.75, 3.05) is 6.61 Å². The first kappa shape index (κ1) is 19.8. The van der Waals surface area contributed by atoms with Crippen molar-refractivity contribution in [1.29, 1.82) is 0 Å². The first-order chi connectivity index (χ1) is 12.9. The second kappa shape index (κ2) is 9.26. The SMILES string of the molecule is O=C(C=Cc1ccc(O)cc1)C(C(=O)C=Cc1ccc(O)cc1)C(=O)CO. The van der Waals surface area contributed by atoms with Crippen LogP contribution in [0.4, 0.5) is 0 Å². The molecule has 0 saturated carbocycles. The molecule has 2 aromatic carbocycles. The number of aromatic hydroxyl groups is 2. The summed E-state index contributed by atoms with van der Waals surface area (Å²) in [5.74, 6) is -3.87. The molecular formula is C21H18O6. The van der Waals surface area contributed by atoms with Crippen LogP contribution in [-0.4, -0.2) is 39.3 Å². The van der Waals surface area contributed by atoms with Crippen molar-refractivity contribution in [1.82, 2.24) is 0 Å². The molecule has 0 bridgehead atoms. The van der Waals surface area contributed by atoms with Crippen molar-refractivity contribution in [3.8, 4) is 11.5 Å². The Morgan fingerprint density at radius 1 is 0.741 bits per heavy atom. The zero-order valence-electron chi connectivity index (χ0n) is 14.3. The van der Waals surface area contributed by atoms with Crippen LogP contribution < -0.4 is 0 Å². The summed E-state index contributed by atoms with van der Waals surface area (Å²) in [7, 11) is 0. The molecule has 0 fully saturated rings. The zero-order valence-corrected chi connectivity index (χ0v) is 14.3. The summed E-state index contributed by atoms with van der Waals surface area (Å²) >= 11 is 0. The highest BCUT2D eigenvalue weighted by Gasteiger charge is 2.29. The van der Waals surface area contributed by atoms with Crippen LogP contribution in [0.15, 0.2) is 60.7 Å². The molecule has 138 valence electrons. The van der Waals surface area contributed by atoms with Gasteiger partial charge in [-0.1, -0.05) is 36.4 Å². The Morgan fingerprint density at radius 2 is 1.11 bits per heavy atom. The summed E-state index contributed by atoms with van der Waals surface area (Å²) in [6.45, 7) is -0.928. The average molecular weight is 366 g/mol. The highest BCUT2D eigenvalue weighted by atomic mass is 16.3. The fourth-order valence-electron chi connectivity index (χ4n) is 2.27. The lowest BCUT2D eigenvalue weighted by Crippen LogP contribution is -2.31. The number of hydrogen-bond acceptors (Lipinski definition) is 6. The second-order valence-electron chi connectivity index (χ2n) is 5.71. The molecule has 0 unspecified atom stereocenters. The minimum absolute atomic E-state index is 0.0707. The molecule has 0 aromatic heterocycles. The van der Waals surface area contributed by atoms with Crippen molar-refractivity contribution in [3.05, 3.63) is 71.8 Å². The minimum Gasteiger partial charge on any atom is -0.508 e. The van der Waals surface area contributed by atoms with E-state index in [4.69, 9.17) is 5.11 Å². The van der Waals surface area contributed by atoms with Gasteiger partial charge in [0.1, 0.15) is 24.0 Å². The predicted molar refractivity (Wildman–Crippen MR) is 99.9 cm³/mol. The van der Waals surface area contributed by atoms with Crippen molar-refractivity contribution in [2.24, 2.45) is 5.92 Å². The van der Waals surface area contributed by atoms with Crippen LogP contribution >= 0.6 is 0 Å². The first-order valence-electron chi connectivity index (χ1n) is 8.06. The number of carbonyl (C=O) groups excluding carboxylic acids is 3. The number of phenolic OH excluding ortho intramolecular Hbond substituents is 2. The van der Waals surface area contributed by atoms with E-state index >= 15 is 0 Å². The molecule has 2 rings (SSSR count). The molecule has 3 N–H and O–H groups in total. The molecule has 6 nitrogen and oxygen atoms in total. The summed E-state index contributed by atoms with van der Waals surface area (Å²) < 4.78 is 0. The van der Waals surface area contributed by atoms with Crippen LogP contribution in [-0.2, 0) is 14.4 Å². The molecule has 0 aliphatic rings. The number of hydrogen-bond donors (Lipinski definition) is 3. The van der Waals surface area contributed by atoms with Crippen LogP contribution in [0.25, 0.3) is 12.2 Å². The maximum Gasteiger partial charge on any atom is 0.176 e. The predicted octanol–water partition coefficient (Wildman–Crippen LogP) is 2.14. The number of phenols is 2. The molecule has 0 spiro atoms. The molecule has 0 saturated heterocycles. The Hall–Kier alpha value is -3.51. The van der Waals surface area contributed by atoms with Crippen molar-refractivity contribution < 1.29 is 29.7 Å². The quantitative estimate of drug-likeness (QED) is 0.487. The molecular weight excluding hydrogens is 348 g/mol. The van der Waals surface area contributed by atoms with Gasteiger partial charge < -0.3 is 15.3 Å². The maximum absolute atomic E-state index is 12.3. The minimum atomic E-state index is -1.63. The van der Waals surface area contributed by atoms with E-state index in [0.29, 0.717) is 11.1 Å². The molecule has 0 aliphatic heterocycles. The van der Waals surface area contributed by atoms with Crippen molar-refractivity contribution in [2.45, 2.75) is 0 Å². The van der Waals surface area contributed by atoms with Crippen LogP contribution in [0, 0.1) is 5.92 Å². The summed E-state index contributed by atoms with van der Waals surface area (Å²) in [4.78, 5) is 36.5. The molecule has 0 amide bonds. The number of ketones is 3. The lowest BCUT2D eigenvalue weighted by Gasteiger charge is -2.08. The topological polar surface area (TPSA) is 112 Å². The highest BCUT2D eigenvalue weighted by molar-refractivity contribution is 6.26. The number of benzene rings is 2. The molecule has 0 atom stereocenters. The lowest BCUT2D eigenvalue weighted by molar-refractivity contribution is -0.137. The van der Waals surface area contributed by atoms with E-state index in [1.807, 2.05) is 0 Å². The number of carbonyl (C=O) groups is 3. The Labute approximate surface area is 155 Å². The standard InChI is InChI=1S/C21H18O6/c22-13-20(27)21(18(25)11-5-14-1-7-16(23)8-2-14)19(26)12-6-15-3-9-17(24)10-4-15/h1-12,21-24H,13H2. The van der Waals surface area contributed by atoms with Gasteiger partial charge in [-0.05, 0) is 47.5 Å². The molecule has 0 aliphatic carbocycles. The van der Waals surface area contributed by atoms with E-state index in [2.05, 4.69) is 0 Å². The van der Waals surface area contributed by atoms with Gasteiger partial charge in [-0.2, -0.15) is 0 Å². The van der Waals surface area contributed by atoms with Crippen LogP contribution in [0.3, 0.4) is 0 Å². The van der Waals surface area contributed by atoms with Gasteiger partial charge in [-0.15, -0.1) is 0 Å². The zero-order chi connectivity index (χ0) is 19.8. The Kier molecular flexibility index (Phi) is 6.79. The van der Waals surface area contributed by atoms with E-state index in [1.165, 1.54) is 36.4 Å². The van der Waals surface area contributed by atoms with Gasteiger partial charge in [-0.3, -0.25) is 14.4 Å². The van der Waals surface area contributed by atoms with Gasteiger partial charge in [0.05, 0.1) is 0 Å². The first-order valence-corrected chi connectivity index (χ1v) is 8.06. The number of rotatable bonds is 8. The average Bonchev–Trinajstić information content (AvgIpc) is 2.67. The smallest absolute Gasteiger partial charge is 0.176 e. The van der Waals surface area contributed by atoms with Crippen LogP contribution in [0.1, 0.15) is 11.1 Å². The molecule has 0 radical (unpaired) electrons. The molecule has 27 heavy (non-hydrogen) atoms. The van der Waals surface area contributed by atoms with Crippen LogP contribution in [0.2, 0.25) is 0 Å². The number of aliphatic hydroxyl groups excluding tert-OH is 1. The molecule has 6 heteroatoms. The summed E-state index contributed by atoms with van der Waals surface area (Å²) in [6, 6.07) is 12.0. The second-order valence-corrected chi connectivity index (χ2v) is 5.71. The fraction of sp³-hybridized carbons (Fsp3) is 0.0952. The third-order valence-electron chi connectivity index (χ3n) is 3.71. The number of allylic oxidation sites excluding steroid dienone is 2. The number of aliphatic hydroxyl groups is 1. The van der Waals surface area contributed by atoms with Gasteiger partial charge in [-0.25, -0.2) is 0 Å². The maximum atomic E-state index is 12.3. The summed E-state index contributed by atoms with van der Waals surface area (Å²) in [6.07, 6.45) is 5.01. The van der Waals surface area contributed by atoms with E-state index < -0.39 is 29.9 Å². The van der Waals surface area contributed by atoms with Gasteiger partial charge in [0.25, 0.3) is 0 Å². The van der Waals surface area contributed by atoms with E-state index in [-0.39, 0.29) is 11.5 Å². The Bertz CT molecular complexity index is 808. The number of Topliss-reactive ketones (excluding diaryl/α,β-unsaturated/α-hetero) is 1. The van der Waals surface area contributed by atoms with E-state index in [1.54, 1.807) is 24.3 Å². The van der Waals surface area contributed by atoms with Crippen LogP contribution in [0.5, 0.6) is 11.5 Å². The molecule has 0 heterocycles. The molecule has 2 aromatic rings. The Morgan fingerprint density at radius 3 is 1.44 bits per heavy atom. The van der Waals surface area contributed by atoms with Gasteiger partial charge in [0.15, 0.2) is 17.3 Å². The highest BCUT2D eigenvalue weighted by Crippen LogP contribution is 2.14. The third kappa shape index (κ3) is 5.76. The third-order valence-corrected chi connectivity index (χ3v) is 3.71. The van der Waals surface area contributed by atoms with Gasteiger partial charge in [0.2, 0.25) is 0 Å². The van der Waals surface area contributed by atoms with Crippen molar-refractivity contribution >= 4 is 29.5 Å². The Balaban J connectivity index is 2.16.